The van der Waals surface area contributed by atoms with Crippen LogP contribution in [0.4, 0.5) is 0 Å². The van der Waals surface area contributed by atoms with E-state index < -0.39 is 0 Å². The molecule has 0 aliphatic carbocycles. The summed E-state index contributed by atoms with van der Waals surface area (Å²) < 4.78 is 1.89. The Hall–Kier alpha value is -1.36. The molecule has 1 aromatic heterocycles. The number of rotatable bonds is 4. The number of aromatic nitrogens is 2. The number of nitrogens with two attached hydrogens (primary N) is 2. The molecule has 0 atom stereocenters. The summed E-state index contributed by atoms with van der Waals surface area (Å²) in [6.07, 6.45) is 3.64. The van der Waals surface area contributed by atoms with E-state index in [1.807, 2.05) is 18.4 Å². The van der Waals surface area contributed by atoms with E-state index in [2.05, 4.69) is 4.98 Å². The molecule has 4 N–H and O–H groups in total. The van der Waals surface area contributed by atoms with Gasteiger partial charge in [-0.2, -0.15) is 0 Å². The average molecular weight is 196 g/mol. The highest BCUT2D eigenvalue weighted by atomic mass is 16.1. The summed E-state index contributed by atoms with van der Waals surface area (Å²) in [5, 5.41) is 0. The maximum atomic E-state index is 10.9. The third kappa shape index (κ3) is 2.11. The molecule has 0 aromatic carbocycles. The number of hydrogen-bond acceptors (Lipinski definition) is 3. The van der Waals surface area contributed by atoms with E-state index in [-0.39, 0.29) is 17.9 Å². The van der Waals surface area contributed by atoms with Crippen LogP contribution in [0.25, 0.3) is 0 Å². The molecule has 0 spiro atoms. The summed E-state index contributed by atoms with van der Waals surface area (Å²) in [5.41, 5.74) is 11.3. The lowest BCUT2D eigenvalue weighted by molar-refractivity contribution is -0.119. The molecule has 0 saturated carbocycles. The number of imidazole rings is 1. The SMILES string of the molecule is CC(C)(CC(N)=O)n1cncc1CN. The fourth-order valence-corrected chi connectivity index (χ4v) is 1.53. The van der Waals surface area contributed by atoms with Crippen molar-refractivity contribution >= 4 is 5.91 Å². The molecule has 14 heavy (non-hydrogen) atoms. The van der Waals surface area contributed by atoms with Gasteiger partial charge in [-0.3, -0.25) is 4.79 Å². The number of nitrogens with zero attached hydrogens (tertiary/aromatic N) is 2. The van der Waals surface area contributed by atoms with Crippen LogP contribution in [0.2, 0.25) is 0 Å². The molecule has 1 heterocycles. The van der Waals surface area contributed by atoms with E-state index in [9.17, 15) is 4.79 Å². The summed E-state index contributed by atoms with van der Waals surface area (Å²) in [6, 6.07) is 0. The van der Waals surface area contributed by atoms with Gasteiger partial charge in [-0.15, -0.1) is 0 Å². The summed E-state index contributed by atoms with van der Waals surface area (Å²) in [4.78, 5) is 14.9. The van der Waals surface area contributed by atoms with Crippen molar-refractivity contribution in [3.8, 4) is 0 Å². The largest absolute Gasteiger partial charge is 0.370 e. The van der Waals surface area contributed by atoms with Gasteiger partial charge < -0.3 is 16.0 Å². The molecule has 78 valence electrons. The van der Waals surface area contributed by atoms with Crippen molar-refractivity contribution in [3.05, 3.63) is 18.2 Å². The minimum absolute atomic E-state index is 0.274. The molecule has 5 nitrogen and oxygen atoms in total. The minimum atomic E-state index is -0.364. The van der Waals surface area contributed by atoms with Crippen molar-refractivity contribution in [2.45, 2.75) is 32.4 Å². The van der Waals surface area contributed by atoms with Crippen LogP contribution in [-0.4, -0.2) is 15.5 Å². The van der Waals surface area contributed by atoms with Gasteiger partial charge in [0.25, 0.3) is 0 Å². The Kier molecular flexibility index (Phi) is 2.90. The van der Waals surface area contributed by atoms with Crippen LogP contribution in [0.5, 0.6) is 0 Å². The lowest BCUT2D eigenvalue weighted by atomic mass is 9.99. The molecule has 0 bridgehead atoms. The molecule has 1 aromatic rings. The average Bonchev–Trinajstić information content (AvgIpc) is 2.48. The Bertz CT molecular complexity index is 329. The van der Waals surface area contributed by atoms with Gasteiger partial charge in [-0.25, -0.2) is 4.98 Å². The number of amides is 1. The molecule has 0 aliphatic heterocycles. The number of hydrogen-bond donors (Lipinski definition) is 2. The van der Waals surface area contributed by atoms with Crippen LogP contribution in [0.15, 0.2) is 12.5 Å². The van der Waals surface area contributed by atoms with E-state index in [4.69, 9.17) is 11.5 Å². The Morgan fingerprint density at radius 2 is 2.29 bits per heavy atom. The lowest BCUT2D eigenvalue weighted by Crippen LogP contribution is -2.33. The summed E-state index contributed by atoms with van der Waals surface area (Å²) in [6.45, 7) is 4.26. The van der Waals surface area contributed by atoms with Gasteiger partial charge in [0, 0.05) is 24.7 Å². The zero-order chi connectivity index (χ0) is 10.8. The molecule has 0 saturated heterocycles. The Balaban J connectivity index is 2.96. The predicted octanol–water partition coefficient (Wildman–Crippen LogP) is -0.0477. The van der Waals surface area contributed by atoms with Crippen LogP contribution in [0, 0.1) is 0 Å². The van der Waals surface area contributed by atoms with Crippen LogP contribution in [0.3, 0.4) is 0 Å². The fourth-order valence-electron chi connectivity index (χ4n) is 1.53. The zero-order valence-corrected chi connectivity index (χ0v) is 8.53. The first-order valence-electron chi connectivity index (χ1n) is 4.47. The van der Waals surface area contributed by atoms with E-state index in [1.165, 1.54) is 0 Å². The summed E-state index contributed by atoms with van der Waals surface area (Å²) >= 11 is 0. The van der Waals surface area contributed by atoms with E-state index in [0.717, 1.165) is 5.69 Å². The monoisotopic (exact) mass is 196 g/mol. The van der Waals surface area contributed by atoms with Crippen LogP contribution in [0.1, 0.15) is 26.0 Å². The number of carbonyl (C=O) groups excluding carboxylic acids is 1. The molecule has 0 radical (unpaired) electrons. The quantitative estimate of drug-likeness (QED) is 0.708. The summed E-state index contributed by atoms with van der Waals surface area (Å²) in [5.74, 6) is -0.327. The first-order valence-corrected chi connectivity index (χ1v) is 4.47. The van der Waals surface area contributed by atoms with Gasteiger partial charge in [-0.05, 0) is 13.8 Å². The third-order valence-corrected chi connectivity index (χ3v) is 2.18. The van der Waals surface area contributed by atoms with E-state index in [1.54, 1.807) is 12.5 Å². The maximum absolute atomic E-state index is 10.9. The third-order valence-electron chi connectivity index (χ3n) is 2.18. The highest BCUT2D eigenvalue weighted by Gasteiger charge is 2.24. The molecule has 0 aliphatic rings. The topological polar surface area (TPSA) is 86.9 Å². The second kappa shape index (κ2) is 3.79. The summed E-state index contributed by atoms with van der Waals surface area (Å²) in [7, 11) is 0. The second-order valence-corrected chi connectivity index (χ2v) is 3.91. The van der Waals surface area contributed by atoms with Crippen LogP contribution >= 0.6 is 0 Å². The smallest absolute Gasteiger partial charge is 0.219 e. The number of carbonyl (C=O) groups is 1. The molecule has 0 unspecified atom stereocenters. The minimum Gasteiger partial charge on any atom is -0.370 e. The lowest BCUT2D eigenvalue weighted by Gasteiger charge is -2.26. The molecular weight excluding hydrogens is 180 g/mol. The molecule has 5 heteroatoms. The Morgan fingerprint density at radius 1 is 1.64 bits per heavy atom. The Morgan fingerprint density at radius 3 is 2.79 bits per heavy atom. The van der Waals surface area contributed by atoms with Gasteiger partial charge in [0.05, 0.1) is 12.0 Å². The fraction of sp³-hybridized carbons (Fsp3) is 0.556. The highest BCUT2D eigenvalue weighted by Crippen LogP contribution is 2.21. The van der Waals surface area contributed by atoms with Crippen molar-refractivity contribution < 1.29 is 4.79 Å². The predicted molar refractivity (Wildman–Crippen MR) is 53.3 cm³/mol. The standard InChI is InChI=1S/C9H16N4O/c1-9(2,3-8(11)14)13-6-12-5-7(13)4-10/h5-6H,3-4,10H2,1-2H3,(H2,11,14). The first kappa shape index (κ1) is 10.7. The van der Waals surface area contributed by atoms with Gasteiger partial charge in [0.2, 0.25) is 5.91 Å². The van der Waals surface area contributed by atoms with Gasteiger partial charge in [0.15, 0.2) is 0 Å². The molecule has 1 rings (SSSR count). The van der Waals surface area contributed by atoms with Gasteiger partial charge in [0.1, 0.15) is 0 Å². The molecular formula is C9H16N4O. The van der Waals surface area contributed by atoms with Crippen LogP contribution in [-0.2, 0) is 16.9 Å². The molecule has 0 fully saturated rings. The van der Waals surface area contributed by atoms with Crippen LogP contribution < -0.4 is 11.5 Å². The van der Waals surface area contributed by atoms with Gasteiger partial charge in [-0.1, -0.05) is 0 Å². The van der Waals surface area contributed by atoms with Crippen molar-refractivity contribution in [1.29, 1.82) is 0 Å². The van der Waals surface area contributed by atoms with Crippen molar-refractivity contribution in [1.82, 2.24) is 9.55 Å². The van der Waals surface area contributed by atoms with Crippen molar-refractivity contribution in [2.75, 3.05) is 0 Å². The maximum Gasteiger partial charge on any atom is 0.219 e. The molecule has 1 amide bonds. The van der Waals surface area contributed by atoms with Gasteiger partial charge >= 0.3 is 0 Å². The van der Waals surface area contributed by atoms with E-state index >= 15 is 0 Å². The Labute approximate surface area is 83.1 Å². The normalized spacial score (nSPS) is 11.6. The van der Waals surface area contributed by atoms with Crippen molar-refractivity contribution in [2.24, 2.45) is 11.5 Å². The van der Waals surface area contributed by atoms with E-state index in [0.29, 0.717) is 6.54 Å². The highest BCUT2D eigenvalue weighted by molar-refractivity contribution is 5.74. The zero-order valence-electron chi connectivity index (χ0n) is 8.53. The second-order valence-electron chi connectivity index (χ2n) is 3.91. The first-order chi connectivity index (χ1) is 6.47. The van der Waals surface area contributed by atoms with Crippen molar-refractivity contribution in [3.63, 3.8) is 0 Å². The number of primary amides is 1.